The summed E-state index contributed by atoms with van der Waals surface area (Å²) in [6, 6.07) is 0. The molecule has 0 radical (unpaired) electrons. The van der Waals surface area contributed by atoms with Crippen molar-refractivity contribution in [1.82, 2.24) is 19.5 Å². The zero-order valence-corrected chi connectivity index (χ0v) is 12.3. The molecule has 2 aromatic heterocycles. The highest BCUT2D eigenvalue weighted by Gasteiger charge is 2.52. The third kappa shape index (κ3) is 2.27. The normalized spacial score (nSPS) is 37.1. The molecule has 13 heteroatoms. The number of aliphatic hydroxyl groups is 1. The summed E-state index contributed by atoms with van der Waals surface area (Å²) in [5.74, 6) is -0.117. The topological polar surface area (TPSA) is 175 Å². The van der Waals surface area contributed by atoms with Crippen molar-refractivity contribution in [3.63, 3.8) is 0 Å². The maximum Gasteiger partial charge on any atom is 0.472 e. The van der Waals surface area contributed by atoms with Crippen molar-refractivity contribution in [2.45, 2.75) is 24.5 Å². The van der Waals surface area contributed by atoms with Gasteiger partial charge < -0.3 is 20.5 Å². The number of nitrogens with two attached hydrogens (primary N) is 1. The van der Waals surface area contributed by atoms with Crippen LogP contribution in [0, 0.1) is 0 Å². The lowest BCUT2D eigenvalue weighted by Gasteiger charge is -2.27. The maximum absolute atomic E-state index is 11.8. The number of aliphatic hydroxyl groups excluding tert-OH is 1. The predicted octanol–water partition coefficient (Wildman–Crippen LogP) is -1.52. The number of nitrogen functional groups attached to an aromatic ring is 1. The molecular weight excluding hydrogens is 333 g/mol. The lowest BCUT2D eigenvalue weighted by molar-refractivity contribution is -0.0664. The summed E-state index contributed by atoms with van der Waals surface area (Å²) in [7, 11) is -4.22. The van der Waals surface area contributed by atoms with Crippen LogP contribution in [0.2, 0.25) is 0 Å². The minimum atomic E-state index is -4.22. The van der Waals surface area contributed by atoms with Gasteiger partial charge in [0.1, 0.15) is 18.3 Å². The second kappa shape index (κ2) is 4.84. The highest BCUT2D eigenvalue weighted by Crippen LogP contribution is 2.52. The first kappa shape index (κ1) is 14.8. The van der Waals surface area contributed by atoms with Crippen molar-refractivity contribution >= 4 is 24.9 Å². The number of rotatable bonds is 1. The van der Waals surface area contributed by atoms with Crippen LogP contribution in [-0.2, 0) is 18.3 Å². The van der Waals surface area contributed by atoms with Gasteiger partial charge in [-0.25, -0.2) is 9.55 Å². The number of anilines is 1. The van der Waals surface area contributed by atoms with Crippen LogP contribution < -0.4 is 11.3 Å². The van der Waals surface area contributed by atoms with E-state index in [9.17, 15) is 19.4 Å². The van der Waals surface area contributed by atoms with E-state index in [1.165, 1.54) is 10.9 Å². The van der Waals surface area contributed by atoms with Crippen LogP contribution in [0.15, 0.2) is 11.1 Å². The number of H-pyrrole nitrogens is 1. The SMILES string of the molecule is Nc1nc2c(ncn2[C@H]2O[C@@H]3CO[P@@](=O)(O)O[C@@H]3[C@@H]2O)c(=O)[nH]1. The number of phosphoric ester groups is 1. The van der Waals surface area contributed by atoms with Crippen LogP contribution in [0.3, 0.4) is 0 Å². The predicted molar refractivity (Wildman–Crippen MR) is 73.1 cm³/mol. The fourth-order valence-corrected chi connectivity index (χ4v) is 3.66. The standard InChI is InChI=1S/C10H12N5O7P/c11-10-13-7-4(8(17)14-10)12-2-15(7)9-5(16)6-3(21-9)1-20-23(18,19)22-6/h2-3,5-6,9,16H,1H2,(H,18,19)(H3,11,13,14,17)/t3-,5+,6+,9+/m1/s1. The van der Waals surface area contributed by atoms with Gasteiger partial charge in [0.2, 0.25) is 5.95 Å². The second-order valence-electron chi connectivity index (χ2n) is 5.17. The lowest BCUT2D eigenvalue weighted by Crippen LogP contribution is -2.39. The highest BCUT2D eigenvalue weighted by molar-refractivity contribution is 7.47. The van der Waals surface area contributed by atoms with E-state index in [1.807, 2.05) is 0 Å². The van der Waals surface area contributed by atoms with E-state index < -0.39 is 37.9 Å². The lowest BCUT2D eigenvalue weighted by atomic mass is 10.1. The van der Waals surface area contributed by atoms with Gasteiger partial charge in [-0.1, -0.05) is 0 Å². The number of ether oxygens (including phenoxy) is 1. The van der Waals surface area contributed by atoms with Gasteiger partial charge in [0.15, 0.2) is 17.4 Å². The van der Waals surface area contributed by atoms with Crippen molar-refractivity contribution in [2.24, 2.45) is 0 Å². The molecule has 0 aliphatic carbocycles. The van der Waals surface area contributed by atoms with E-state index in [0.29, 0.717) is 0 Å². The van der Waals surface area contributed by atoms with Crippen LogP contribution in [0.4, 0.5) is 5.95 Å². The summed E-state index contributed by atoms with van der Waals surface area (Å²) in [5.41, 5.74) is 5.12. The monoisotopic (exact) mass is 345 g/mol. The smallest absolute Gasteiger partial charge is 0.386 e. The number of nitrogens with zero attached hydrogens (tertiary/aromatic N) is 3. The number of nitrogens with one attached hydrogen (secondary N) is 1. The van der Waals surface area contributed by atoms with Crippen molar-refractivity contribution in [2.75, 3.05) is 12.3 Å². The summed E-state index contributed by atoms with van der Waals surface area (Å²) in [6.07, 6.45) is -2.85. The first-order valence-corrected chi connectivity index (χ1v) is 8.07. The first-order chi connectivity index (χ1) is 10.9. The van der Waals surface area contributed by atoms with Gasteiger partial charge in [-0.15, -0.1) is 0 Å². The molecule has 2 fully saturated rings. The molecule has 0 bridgehead atoms. The van der Waals surface area contributed by atoms with Gasteiger partial charge >= 0.3 is 7.82 Å². The molecule has 4 heterocycles. The molecule has 12 nitrogen and oxygen atoms in total. The van der Waals surface area contributed by atoms with Gasteiger partial charge in [-0.05, 0) is 0 Å². The van der Waals surface area contributed by atoms with E-state index >= 15 is 0 Å². The quantitative estimate of drug-likeness (QED) is 0.444. The minimum Gasteiger partial charge on any atom is -0.386 e. The molecular formula is C10H12N5O7P. The Morgan fingerprint density at radius 3 is 3.09 bits per heavy atom. The Morgan fingerprint density at radius 2 is 2.30 bits per heavy atom. The van der Waals surface area contributed by atoms with Crippen molar-refractivity contribution in [3.05, 3.63) is 16.7 Å². The van der Waals surface area contributed by atoms with E-state index in [2.05, 4.69) is 19.5 Å². The first-order valence-electron chi connectivity index (χ1n) is 6.57. The number of hydrogen-bond donors (Lipinski definition) is 4. The van der Waals surface area contributed by atoms with E-state index in [0.717, 1.165) is 0 Å². The molecule has 0 unspecified atom stereocenters. The van der Waals surface area contributed by atoms with E-state index in [-0.39, 0.29) is 23.7 Å². The Kier molecular flexibility index (Phi) is 3.10. The Bertz CT molecular complexity index is 880. The number of fused-ring (bicyclic) bond motifs is 2. The number of aromatic amines is 1. The summed E-state index contributed by atoms with van der Waals surface area (Å²) in [6.45, 7) is -0.214. The molecule has 0 amide bonds. The van der Waals surface area contributed by atoms with Crippen molar-refractivity contribution in [1.29, 1.82) is 0 Å². The Hall–Kier alpha value is -1.82. The van der Waals surface area contributed by atoms with Crippen LogP contribution in [0.1, 0.15) is 6.23 Å². The summed E-state index contributed by atoms with van der Waals surface area (Å²) < 4.78 is 27.9. The fraction of sp³-hybridized carbons (Fsp3) is 0.500. The van der Waals surface area contributed by atoms with Crippen LogP contribution >= 0.6 is 7.82 Å². The average molecular weight is 345 g/mol. The Balaban J connectivity index is 1.75. The molecule has 23 heavy (non-hydrogen) atoms. The highest BCUT2D eigenvalue weighted by atomic mass is 31.2. The molecule has 2 aliphatic heterocycles. The number of imidazole rings is 1. The number of hydrogen-bond acceptors (Lipinski definition) is 9. The zero-order chi connectivity index (χ0) is 16.4. The maximum atomic E-state index is 11.8. The zero-order valence-electron chi connectivity index (χ0n) is 11.4. The second-order valence-corrected chi connectivity index (χ2v) is 6.57. The van der Waals surface area contributed by atoms with Gasteiger partial charge in [-0.3, -0.25) is 23.4 Å². The molecule has 0 aromatic carbocycles. The molecule has 2 aliphatic rings. The van der Waals surface area contributed by atoms with Crippen molar-refractivity contribution < 1.29 is 28.3 Å². The van der Waals surface area contributed by atoms with Gasteiger partial charge in [-0.2, -0.15) is 4.98 Å². The summed E-state index contributed by atoms with van der Waals surface area (Å²) in [5, 5.41) is 10.4. The molecule has 2 saturated heterocycles. The van der Waals surface area contributed by atoms with Crippen LogP contribution in [-0.4, -0.2) is 54.4 Å². The number of aromatic nitrogens is 4. The summed E-state index contributed by atoms with van der Waals surface area (Å²) >= 11 is 0. The molecule has 5 N–H and O–H groups in total. The van der Waals surface area contributed by atoms with Crippen molar-refractivity contribution in [3.8, 4) is 0 Å². The van der Waals surface area contributed by atoms with E-state index in [1.54, 1.807) is 0 Å². The van der Waals surface area contributed by atoms with E-state index in [4.69, 9.17) is 15.0 Å². The molecule has 124 valence electrons. The number of phosphoric acid groups is 1. The third-order valence-electron chi connectivity index (χ3n) is 3.69. The summed E-state index contributed by atoms with van der Waals surface area (Å²) in [4.78, 5) is 31.3. The third-order valence-corrected chi connectivity index (χ3v) is 4.68. The average Bonchev–Trinajstić information content (AvgIpc) is 3.00. The molecule has 2 aromatic rings. The molecule has 0 saturated carbocycles. The van der Waals surface area contributed by atoms with Gasteiger partial charge in [0.25, 0.3) is 5.56 Å². The van der Waals surface area contributed by atoms with Crippen LogP contribution in [0.25, 0.3) is 11.2 Å². The Morgan fingerprint density at radius 1 is 1.52 bits per heavy atom. The largest absolute Gasteiger partial charge is 0.472 e. The molecule has 5 atom stereocenters. The minimum absolute atomic E-state index is 0.0230. The van der Waals surface area contributed by atoms with Gasteiger partial charge in [0.05, 0.1) is 12.9 Å². The van der Waals surface area contributed by atoms with Gasteiger partial charge in [0, 0.05) is 0 Å². The molecule has 0 spiro atoms. The fourth-order valence-electron chi connectivity index (χ4n) is 2.69. The Labute approximate surface area is 127 Å². The molecule has 4 rings (SSSR count). The van der Waals surface area contributed by atoms with Crippen LogP contribution in [0.5, 0.6) is 0 Å².